The van der Waals surface area contributed by atoms with E-state index in [2.05, 4.69) is 15.3 Å². The molecule has 0 aliphatic heterocycles. The molecule has 0 saturated carbocycles. The standard InChI is InChI=1S/C20H18FN3O/c21-15-5-6-17-13(11-24-19(17)10-15)7-8-22-20(25)9-14-12-23-18-4-2-1-3-16(14)18/h1-6,10-12,23-24H,7-9H2,(H,22,25). The molecule has 0 aliphatic rings. The van der Waals surface area contributed by atoms with Gasteiger partial charge < -0.3 is 15.3 Å². The van der Waals surface area contributed by atoms with Gasteiger partial charge in [0.2, 0.25) is 5.91 Å². The van der Waals surface area contributed by atoms with E-state index in [9.17, 15) is 9.18 Å². The van der Waals surface area contributed by atoms with E-state index in [1.54, 1.807) is 6.07 Å². The molecule has 0 bridgehead atoms. The van der Waals surface area contributed by atoms with Crippen molar-refractivity contribution in [1.29, 1.82) is 0 Å². The maximum Gasteiger partial charge on any atom is 0.224 e. The number of rotatable bonds is 5. The number of hydrogen-bond acceptors (Lipinski definition) is 1. The third-order valence-corrected chi connectivity index (χ3v) is 4.47. The van der Waals surface area contributed by atoms with Crippen molar-refractivity contribution in [2.75, 3.05) is 6.54 Å². The summed E-state index contributed by atoms with van der Waals surface area (Å²) < 4.78 is 13.2. The van der Waals surface area contributed by atoms with Crippen molar-refractivity contribution in [2.45, 2.75) is 12.8 Å². The van der Waals surface area contributed by atoms with Crippen LogP contribution >= 0.6 is 0 Å². The van der Waals surface area contributed by atoms with Gasteiger partial charge in [0.15, 0.2) is 0 Å². The van der Waals surface area contributed by atoms with Crippen LogP contribution < -0.4 is 5.32 Å². The quantitative estimate of drug-likeness (QED) is 0.512. The maximum atomic E-state index is 13.2. The molecule has 4 rings (SSSR count). The summed E-state index contributed by atoms with van der Waals surface area (Å²) in [6, 6.07) is 12.7. The van der Waals surface area contributed by atoms with Crippen LogP contribution in [0.3, 0.4) is 0 Å². The predicted molar refractivity (Wildman–Crippen MR) is 97.0 cm³/mol. The Bertz CT molecular complexity index is 1050. The van der Waals surface area contributed by atoms with Crippen LogP contribution in [0.1, 0.15) is 11.1 Å². The number of para-hydroxylation sites is 1. The molecule has 0 radical (unpaired) electrons. The molecule has 0 spiro atoms. The fraction of sp³-hybridized carbons (Fsp3) is 0.150. The van der Waals surface area contributed by atoms with Crippen LogP contribution in [0.2, 0.25) is 0 Å². The molecule has 0 aliphatic carbocycles. The van der Waals surface area contributed by atoms with E-state index >= 15 is 0 Å². The second kappa shape index (κ2) is 6.43. The van der Waals surface area contributed by atoms with E-state index in [0.717, 1.165) is 32.9 Å². The molecule has 1 amide bonds. The summed E-state index contributed by atoms with van der Waals surface area (Å²) in [7, 11) is 0. The van der Waals surface area contributed by atoms with Crippen molar-refractivity contribution in [3.05, 3.63) is 71.8 Å². The fourth-order valence-corrected chi connectivity index (χ4v) is 3.22. The van der Waals surface area contributed by atoms with Crippen molar-refractivity contribution in [3.8, 4) is 0 Å². The van der Waals surface area contributed by atoms with Gasteiger partial charge in [0.1, 0.15) is 5.82 Å². The Hall–Kier alpha value is -3.08. The zero-order chi connectivity index (χ0) is 17.2. The van der Waals surface area contributed by atoms with Crippen LogP contribution in [-0.2, 0) is 17.6 Å². The monoisotopic (exact) mass is 335 g/mol. The first-order valence-corrected chi connectivity index (χ1v) is 8.28. The van der Waals surface area contributed by atoms with Gasteiger partial charge in [-0.25, -0.2) is 4.39 Å². The lowest BCUT2D eigenvalue weighted by molar-refractivity contribution is -0.120. The van der Waals surface area contributed by atoms with Crippen LogP contribution in [0.4, 0.5) is 4.39 Å². The van der Waals surface area contributed by atoms with E-state index < -0.39 is 0 Å². The second-order valence-electron chi connectivity index (χ2n) is 6.14. The molecule has 126 valence electrons. The van der Waals surface area contributed by atoms with E-state index in [1.165, 1.54) is 12.1 Å². The second-order valence-corrected chi connectivity index (χ2v) is 6.14. The number of aromatic amines is 2. The average Bonchev–Trinajstić information content (AvgIpc) is 3.19. The summed E-state index contributed by atoms with van der Waals surface area (Å²) in [5.41, 5.74) is 3.88. The zero-order valence-electron chi connectivity index (χ0n) is 13.6. The Morgan fingerprint density at radius 1 is 0.960 bits per heavy atom. The smallest absolute Gasteiger partial charge is 0.224 e. The molecule has 0 fully saturated rings. The number of amides is 1. The number of H-pyrrole nitrogens is 2. The number of halogens is 1. The summed E-state index contributed by atoms with van der Waals surface area (Å²) in [5.74, 6) is -0.261. The van der Waals surface area contributed by atoms with Crippen LogP contribution in [0.15, 0.2) is 54.9 Å². The lowest BCUT2D eigenvalue weighted by Crippen LogP contribution is -2.27. The van der Waals surface area contributed by atoms with Gasteiger partial charge >= 0.3 is 0 Å². The molecular formula is C20H18FN3O. The summed E-state index contributed by atoms with van der Waals surface area (Å²) in [6.07, 6.45) is 4.81. The number of fused-ring (bicyclic) bond motifs is 2. The van der Waals surface area contributed by atoms with Crippen molar-refractivity contribution < 1.29 is 9.18 Å². The zero-order valence-corrected chi connectivity index (χ0v) is 13.6. The van der Waals surface area contributed by atoms with Crippen LogP contribution in [0.5, 0.6) is 0 Å². The molecule has 0 atom stereocenters. The Balaban J connectivity index is 1.37. The number of benzene rings is 2. The first-order chi connectivity index (χ1) is 12.2. The Kier molecular flexibility index (Phi) is 3.98. The highest BCUT2D eigenvalue weighted by Crippen LogP contribution is 2.20. The van der Waals surface area contributed by atoms with Gasteiger partial charge in [-0.05, 0) is 41.8 Å². The van der Waals surface area contributed by atoms with Crippen LogP contribution in [0.25, 0.3) is 21.8 Å². The minimum atomic E-state index is -0.257. The lowest BCUT2D eigenvalue weighted by atomic mass is 10.1. The molecule has 2 aromatic heterocycles. The van der Waals surface area contributed by atoms with Crippen LogP contribution in [-0.4, -0.2) is 22.4 Å². The molecule has 0 saturated heterocycles. The summed E-state index contributed by atoms with van der Waals surface area (Å²) in [6.45, 7) is 0.547. The third kappa shape index (κ3) is 3.13. The van der Waals surface area contributed by atoms with E-state index in [4.69, 9.17) is 0 Å². The highest BCUT2D eigenvalue weighted by molar-refractivity contribution is 5.89. The van der Waals surface area contributed by atoms with Gasteiger partial charge in [0.05, 0.1) is 6.42 Å². The highest BCUT2D eigenvalue weighted by atomic mass is 19.1. The van der Waals surface area contributed by atoms with Crippen molar-refractivity contribution >= 4 is 27.7 Å². The summed E-state index contributed by atoms with van der Waals surface area (Å²) >= 11 is 0. The van der Waals surface area contributed by atoms with E-state index in [0.29, 0.717) is 19.4 Å². The average molecular weight is 335 g/mol. The number of carbonyl (C=O) groups is 1. The molecule has 2 heterocycles. The first-order valence-electron chi connectivity index (χ1n) is 8.28. The molecule has 4 nitrogen and oxygen atoms in total. The lowest BCUT2D eigenvalue weighted by Gasteiger charge is -2.04. The van der Waals surface area contributed by atoms with Gasteiger partial charge in [0.25, 0.3) is 0 Å². The maximum absolute atomic E-state index is 13.2. The number of aromatic nitrogens is 2. The largest absolute Gasteiger partial charge is 0.361 e. The van der Waals surface area contributed by atoms with E-state index in [-0.39, 0.29) is 11.7 Å². The predicted octanol–water partition coefficient (Wildman–Crippen LogP) is 3.69. The highest BCUT2D eigenvalue weighted by Gasteiger charge is 2.09. The molecule has 5 heteroatoms. The van der Waals surface area contributed by atoms with Gasteiger partial charge in [-0.2, -0.15) is 0 Å². The number of nitrogens with one attached hydrogen (secondary N) is 3. The fourth-order valence-electron chi connectivity index (χ4n) is 3.22. The molecule has 2 aromatic carbocycles. The van der Waals surface area contributed by atoms with Gasteiger partial charge in [0, 0.05) is 40.7 Å². The minimum absolute atomic E-state index is 0.00404. The molecule has 0 unspecified atom stereocenters. The minimum Gasteiger partial charge on any atom is -0.361 e. The Morgan fingerprint density at radius 3 is 2.64 bits per heavy atom. The third-order valence-electron chi connectivity index (χ3n) is 4.47. The SMILES string of the molecule is O=C(Cc1c[nH]c2ccccc12)NCCc1c[nH]c2cc(F)ccc12. The van der Waals surface area contributed by atoms with Gasteiger partial charge in [-0.3, -0.25) is 4.79 Å². The topological polar surface area (TPSA) is 60.7 Å². The van der Waals surface area contributed by atoms with Gasteiger partial charge in [-0.1, -0.05) is 18.2 Å². The first kappa shape index (κ1) is 15.4. The van der Waals surface area contributed by atoms with Crippen molar-refractivity contribution in [3.63, 3.8) is 0 Å². The number of carbonyl (C=O) groups excluding carboxylic acids is 1. The van der Waals surface area contributed by atoms with Crippen LogP contribution in [0, 0.1) is 5.82 Å². The molecular weight excluding hydrogens is 317 g/mol. The number of hydrogen-bond donors (Lipinski definition) is 3. The van der Waals surface area contributed by atoms with Crippen molar-refractivity contribution in [2.24, 2.45) is 0 Å². The van der Waals surface area contributed by atoms with E-state index in [1.807, 2.05) is 36.7 Å². The normalized spacial score (nSPS) is 11.2. The molecule has 25 heavy (non-hydrogen) atoms. The molecule has 4 aromatic rings. The summed E-state index contributed by atoms with van der Waals surface area (Å²) in [5, 5.41) is 5.03. The molecule has 3 N–H and O–H groups in total. The van der Waals surface area contributed by atoms with Gasteiger partial charge in [-0.15, -0.1) is 0 Å². The Labute approximate surface area is 144 Å². The Morgan fingerprint density at radius 2 is 1.72 bits per heavy atom. The summed E-state index contributed by atoms with van der Waals surface area (Å²) in [4.78, 5) is 18.5. The van der Waals surface area contributed by atoms with Crippen molar-refractivity contribution in [1.82, 2.24) is 15.3 Å².